The third-order valence-corrected chi connectivity index (χ3v) is 7.00. The van der Waals surface area contributed by atoms with Crippen molar-refractivity contribution in [2.75, 3.05) is 7.05 Å². The highest BCUT2D eigenvalue weighted by Gasteiger charge is 2.26. The molecule has 2 amide bonds. The van der Waals surface area contributed by atoms with Gasteiger partial charge in [0, 0.05) is 63.2 Å². The van der Waals surface area contributed by atoms with E-state index < -0.39 is 5.97 Å². The summed E-state index contributed by atoms with van der Waals surface area (Å²) in [6.45, 7) is 0.371. The van der Waals surface area contributed by atoms with E-state index in [1.165, 1.54) is 0 Å². The topological polar surface area (TPSA) is 105 Å². The number of carbonyl (C=O) groups excluding carboxylic acids is 2. The number of pyridine rings is 1. The molecule has 0 spiro atoms. The zero-order valence-corrected chi connectivity index (χ0v) is 22.2. The normalized spacial score (nSPS) is 13.4. The summed E-state index contributed by atoms with van der Waals surface area (Å²) < 4.78 is 2.80. The van der Waals surface area contributed by atoms with Crippen LogP contribution >= 0.6 is 39.3 Å². The first-order valence-electron chi connectivity index (χ1n) is 10.9. The summed E-state index contributed by atoms with van der Waals surface area (Å²) in [7, 11) is 1.84. The Kier molecular flexibility index (Phi) is 7.94. The van der Waals surface area contributed by atoms with E-state index in [-0.39, 0.29) is 18.4 Å². The van der Waals surface area contributed by atoms with E-state index >= 15 is 0 Å². The van der Waals surface area contributed by atoms with E-state index in [0.29, 0.717) is 29.4 Å². The third kappa shape index (κ3) is 5.24. The van der Waals surface area contributed by atoms with Crippen LogP contribution in [0.2, 0.25) is 10.0 Å². The fourth-order valence-corrected chi connectivity index (χ4v) is 4.93. The van der Waals surface area contributed by atoms with Crippen LogP contribution in [0.3, 0.4) is 0 Å². The highest BCUT2D eigenvalue weighted by Crippen LogP contribution is 2.39. The van der Waals surface area contributed by atoms with Crippen LogP contribution in [0.1, 0.15) is 18.5 Å². The quantitative estimate of drug-likeness (QED) is 0.237. The van der Waals surface area contributed by atoms with Crippen molar-refractivity contribution >= 4 is 78.9 Å². The molecule has 0 atom stereocenters. The van der Waals surface area contributed by atoms with Crippen LogP contribution in [-0.2, 0) is 27.5 Å². The largest absolute Gasteiger partial charge is 0.480 e. The minimum atomic E-state index is -0.901. The number of carboxylic acid groups (broad SMARTS) is 1. The molecular weight excluding hydrogens is 571 g/mol. The maximum Gasteiger partial charge on any atom is 0.323 e. The molecule has 1 saturated heterocycles. The average molecular weight is 592 g/mol. The Morgan fingerprint density at radius 2 is 1.72 bits per heavy atom. The van der Waals surface area contributed by atoms with Crippen molar-refractivity contribution in [2.24, 2.45) is 0 Å². The molecule has 0 aliphatic carbocycles. The van der Waals surface area contributed by atoms with E-state index in [1.807, 2.05) is 48.0 Å². The van der Waals surface area contributed by atoms with Gasteiger partial charge in [0.2, 0.25) is 11.8 Å². The van der Waals surface area contributed by atoms with Crippen molar-refractivity contribution in [3.05, 3.63) is 64.4 Å². The fraction of sp³-hybridized carbons (Fsp3) is 0.200. The lowest BCUT2D eigenvalue weighted by Crippen LogP contribution is -2.16. The molecular formula is C25H21BrCl2N4O4. The molecule has 0 unspecified atom stereocenters. The number of benzene rings is 2. The van der Waals surface area contributed by atoms with E-state index in [9.17, 15) is 19.5 Å². The predicted molar refractivity (Wildman–Crippen MR) is 143 cm³/mol. The van der Waals surface area contributed by atoms with Gasteiger partial charge in [0.05, 0.1) is 21.7 Å². The monoisotopic (exact) mass is 590 g/mol. The lowest BCUT2D eigenvalue weighted by atomic mass is 9.98. The Bertz CT molecular complexity index is 1490. The molecule has 2 aromatic carbocycles. The molecule has 2 N–H and O–H groups in total. The van der Waals surface area contributed by atoms with Gasteiger partial charge in [-0.1, -0.05) is 29.3 Å². The summed E-state index contributed by atoms with van der Waals surface area (Å²) in [5.74, 6) is -1.19. The van der Waals surface area contributed by atoms with Crippen molar-refractivity contribution in [3.63, 3.8) is 0 Å². The lowest BCUT2D eigenvalue weighted by molar-refractivity contribution is -0.137. The van der Waals surface area contributed by atoms with Crippen molar-refractivity contribution in [1.82, 2.24) is 18.8 Å². The second kappa shape index (κ2) is 11.0. The Hall–Kier alpha value is -2.98. The third-order valence-electron chi connectivity index (χ3n) is 5.74. The number of imide groups is 1. The number of hydrogen-bond acceptors (Lipinski definition) is 5. The van der Waals surface area contributed by atoms with Gasteiger partial charge in [0.1, 0.15) is 6.54 Å². The van der Waals surface area contributed by atoms with Gasteiger partial charge in [-0.05, 0) is 49.0 Å². The number of nitrogens with zero attached hydrogens (tertiary/aromatic N) is 3. The van der Waals surface area contributed by atoms with Gasteiger partial charge in [0.15, 0.2) is 0 Å². The van der Waals surface area contributed by atoms with Crippen LogP contribution in [0.15, 0.2) is 48.7 Å². The van der Waals surface area contributed by atoms with Crippen LogP contribution in [-0.4, -0.2) is 43.4 Å². The van der Waals surface area contributed by atoms with Gasteiger partial charge in [0.25, 0.3) is 0 Å². The van der Waals surface area contributed by atoms with Crippen LogP contribution in [0.25, 0.3) is 32.9 Å². The molecule has 5 rings (SSSR count). The number of amides is 2. The van der Waals surface area contributed by atoms with Crippen molar-refractivity contribution in [3.8, 4) is 11.1 Å². The fourth-order valence-electron chi connectivity index (χ4n) is 4.24. The van der Waals surface area contributed by atoms with Gasteiger partial charge in [-0.15, -0.1) is 0 Å². The summed E-state index contributed by atoms with van der Waals surface area (Å²) >= 11 is 15.2. The highest BCUT2D eigenvalue weighted by molar-refractivity contribution is 9.08. The van der Waals surface area contributed by atoms with Gasteiger partial charge in [-0.2, -0.15) is 0 Å². The first-order valence-corrected chi connectivity index (χ1v) is 12.4. The maximum absolute atomic E-state index is 11.5. The highest BCUT2D eigenvalue weighted by atomic mass is 79.9. The SMILES string of the molecule is CNCc1c(-c2ccnc3cc(Cl)ccc23)c2cc(Cl)ccc2n1CC(=O)O.O=C1CCC(=O)N1Br. The molecule has 1 aliphatic rings. The van der Waals surface area contributed by atoms with Gasteiger partial charge in [-0.3, -0.25) is 19.4 Å². The molecule has 0 radical (unpaired) electrons. The number of halogens is 3. The lowest BCUT2D eigenvalue weighted by Gasteiger charge is -2.12. The van der Waals surface area contributed by atoms with Crippen LogP contribution < -0.4 is 5.32 Å². The predicted octanol–water partition coefficient (Wildman–Crippen LogP) is 5.41. The first-order chi connectivity index (χ1) is 17.2. The average Bonchev–Trinajstić information content (AvgIpc) is 3.29. The Morgan fingerprint density at radius 1 is 1.06 bits per heavy atom. The second-order valence-electron chi connectivity index (χ2n) is 8.08. The minimum absolute atomic E-state index is 0.135. The number of carbonyl (C=O) groups is 3. The Balaban J connectivity index is 0.000000325. The first kappa shape index (κ1) is 26.1. The number of rotatable bonds is 5. The summed E-state index contributed by atoms with van der Waals surface area (Å²) in [4.78, 5) is 36.9. The second-order valence-corrected chi connectivity index (χ2v) is 9.66. The Labute approximate surface area is 225 Å². The van der Waals surface area contributed by atoms with Crippen LogP contribution in [0, 0.1) is 0 Å². The molecule has 4 aromatic rings. The van der Waals surface area contributed by atoms with E-state index in [1.54, 1.807) is 12.3 Å². The zero-order chi connectivity index (χ0) is 26.0. The zero-order valence-electron chi connectivity index (χ0n) is 19.1. The van der Waals surface area contributed by atoms with E-state index in [0.717, 1.165) is 42.6 Å². The van der Waals surface area contributed by atoms with Crippen molar-refractivity contribution in [2.45, 2.75) is 25.9 Å². The molecule has 0 bridgehead atoms. The maximum atomic E-state index is 11.5. The summed E-state index contributed by atoms with van der Waals surface area (Å²) in [6, 6.07) is 13.1. The standard InChI is InChI=1S/C21H17Cl2N3O2.C4H4BrNO2/c1-24-10-19-21(15-6-7-25-17-9-13(23)2-4-14(15)17)16-8-12(22)3-5-18(16)26(19)11-20(27)28;5-6-3(7)1-2-4(6)8/h2-9,24H,10-11H2,1H3,(H,27,28);1-2H2. The minimum Gasteiger partial charge on any atom is -0.480 e. The smallest absolute Gasteiger partial charge is 0.323 e. The van der Waals surface area contributed by atoms with Gasteiger partial charge in [-0.25, -0.2) is 3.93 Å². The molecule has 1 aliphatic heterocycles. The van der Waals surface area contributed by atoms with Gasteiger partial charge >= 0.3 is 5.97 Å². The molecule has 186 valence electrons. The van der Waals surface area contributed by atoms with E-state index in [4.69, 9.17) is 23.2 Å². The summed E-state index contributed by atoms with van der Waals surface area (Å²) in [5.41, 5.74) is 4.39. The van der Waals surface area contributed by atoms with Crippen molar-refractivity contribution < 1.29 is 19.5 Å². The number of aliphatic carboxylic acids is 1. The van der Waals surface area contributed by atoms with Crippen molar-refractivity contribution in [1.29, 1.82) is 0 Å². The Morgan fingerprint density at radius 3 is 2.33 bits per heavy atom. The molecule has 2 aromatic heterocycles. The molecule has 36 heavy (non-hydrogen) atoms. The number of nitrogens with one attached hydrogen (secondary N) is 1. The number of fused-ring (bicyclic) bond motifs is 2. The van der Waals surface area contributed by atoms with Crippen LogP contribution in [0.5, 0.6) is 0 Å². The van der Waals surface area contributed by atoms with E-state index in [2.05, 4.69) is 26.4 Å². The summed E-state index contributed by atoms with van der Waals surface area (Å²) in [5, 5.41) is 15.7. The van der Waals surface area contributed by atoms with Crippen LogP contribution in [0.4, 0.5) is 0 Å². The molecule has 1 fully saturated rings. The number of hydrogen-bond donors (Lipinski definition) is 2. The molecule has 3 heterocycles. The molecule has 11 heteroatoms. The molecule has 8 nitrogen and oxygen atoms in total. The van der Waals surface area contributed by atoms with Gasteiger partial charge < -0.3 is 15.0 Å². The molecule has 0 saturated carbocycles. The number of aromatic nitrogens is 2. The summed E-state index contributed by atoms with van der Waals surface area (Å²) in [6.07, 6.45) is 2.44. The number of carboxylic acids is 1.